The normalized spacial score (nSPS) is 33.4. The van der Waals surface area contributed by atoms with Crippen molar-refractivity contribution in [1.29, 1.82) is 0 Å². The van der Waals surface area contributed by atoms with Gasteiger partial charge < -0.3 is 19.9 Å². The first-order chi connectivity index (χ1) is 23.9. The molecule has 4 saturated carbocycles. The van der Waals surface area contributed by atoms with Crippen LogP contribution in [0.2, 0.25) is 0 Å². The number of likely N-dealkylation sites (tertiary alicyclic amines) is 1. The Morgan fingerprint density at radius 3 is 2.42 bits per heavy atom. The van der Waals surface area contributed by atoms with E-state index in [-0.39, 0.29) is 34.2 Å². The third kappa shape index (κ3) is 4.40. The molecular weight excluding hydrogens is 620 g/mol. The highest BCUT2D eigenvalue weighted by atomic mass is 16.6. The summed E-state index contributed by atoms with van der Waals surface area (Å²) >= 11 is 0. The zero-order valence-electron chi connectivity index (χ0n) is 30.6. The number of nitrogens with one attached hydrogen (secondary N) is 1. The molecule has 7 atom stereocenters. The zero-order chi connectivity index (χ0) is 34.7. The van der Waals surface area contributed by atoms with Crippen molar-refractivity contribution in [3.63, 3.8) is 0 Å². The van der Waals surface area contributed by atoms with Gasteiger partial charge in [0.05, 0.1) is 11.2 Å². The number of methoxy groups -OCH3 is 1. The lowest BCUT2D eigenvalue weighted by Crippen LogP contribution is -2.83. The van der Waals surface area contributed by atoms with E-state index in [0.29, 0.717) is 18.2 Å². The number of aliphatic hydroxyl groups is 1. The Hall–Kier alpha value is -3.19. The molecule has 0 radical (unpaired) electrons. The maximum atomic E-state index is 14.1. The molecule has 6 nitrogen and oxygen atoms in total. The highest BCUT2D eigenvalue weighted by Gasteiger charge is 2.82. The van der Waals surface area contributed by atoms with Crippen LogP contribution in [0, 0.1) is 22.7 Å². The summed E-state index contributed by atoms with van der Waals surface area (Å²) in [5.41, 5.74) is 4.67. The first kappa shape index (κ1) is 32.7. The van der Waals surface area contributed by atoms with Crippen molar-refractivity contribution in [2.45, 2.75) is 108 Å². The molecule has 264 valence electrons. The minimum Gasteiger partial charge on any atom is -0.485 e. The van der Waals surface area contributed by atoms with Gasteiger partial charge in [-0.2, -0.15) is 0 Å². The van der Waals surface area contributed by atoms with Crippen LogP contribution in [0.4, 0.5) is 0 Å². The van der Waals surface area contributed by atoms with Crippen molar-refractivity contribution in [1.82, 2.24) is 10.2 Å². The van der Waals surface area contributed by atoms with Crippen molar-refractivity contribution in [3.05, 3.63) is 89.0 Å². The second-order valence-electron chi connectivity index (χ2n) is 17.9. The highest BCUT2D eigenvalue weighted by molar-refractivity contribution is 5.98. The van der Waals surface area contributed by atoms with Crippen LogP contribution < -0.4 is 10.1 Å². The van der Waals surface area contributed by atoms with Gasteiger partial charge >= 0.3 is 0 Å². The predicted octanol–water partition coefficient (Wildman–Crippen LogP) is 7.35. The van der Waals surface area contributed by atoms with Crippen LogP contribution in [0.3, 0.4) is 0 Å². The lowest BCUT2D eigenvalue weighted by Gasteiger charge is -2.75. The van der Waals surface area contributed by atoms with E-state index < -0.39 is 11.2 Å². The zero-order valence-corrected chi connectivity index (χ0v) is 30.6. The Balaban J connectivity index is 1.06. The Labute approximate surface area is 297 Å². The van der Waals surface area contributed by atoms with Gasteiger partial charge in [0, 0.05) is 48.6 Å². The molecule has 10 rings (SSSR count). The van der Waals surface area contributed by atoms with Crippen LogP contribution in [0.5, 0.6) is 5.75 Å². The number of carbonyl (C=O) groups excluding carboxylic acids is 1. The minimum absolute atomic E-state index is 0.0374. The topological polar surface area (TPSA) is 71.0 Å². The summed E-state index contributed by atoms with van der Waals surface area (Å²) in [5.74, 6) is 1.45. The monoisotopic (exact) mass is 674 g/mol. The maximum absolute atomic E-state index is 14.1. The van der Waals surface area contributed by atoms with Crippen LogP contribution in [0.25, 0.3) is 11.1 Å². The lowest BCUT2D eigenvalue weighted by molar-refractivity contribution is -0.312. The summed E-state index contributed by atoms with van der Waals surface area (Å²) in [7, 11) is 1.84. The molecule has 6 heteroatoms. The van der Waals surface area contributed by atoms with Crippen LogP contribution in [0.15, 0.2) is 66.7 Å². The Morgan fingerprint density at radius 1 is 0.980 bits per heavy atom. The molecule has 2 heterocycles. The molecule has 3 aromatic carbocycles. The van der Waals surface area contributed by atoms with Gasteiger partial charge in [-0.25, -0.2) is 0 Å². The van der Waals surface area contributed by atoms with E-state index in [9.17, 15) is 9.90 Å². The third-order valence-corrected chi connectivity index (χ3v) is 14.9. The van der Waals surface area contributed by atoms with Gasteiger partial charge in [-0.3, -0.25) is 9.69 Å². The van der Waals surface area contributed by atoms with Gasteiger partial charge in [-0.05, 0) is 104 Å². The van der Waals surface area contributed by atoms with Crippen LogP contribution in [0.1, 0.15) is 93.3 Å². The highest BCUT2D eigenvalue weighted by Crippen LogP contribution is 2.77. The SMILES string of the molecule is CO[C@@]12CC[C@@]3(CC1[C@@](C)(O)C(C)(C)C)[C@H]1Cc4ccc(C(=O)NCCc5ccc(-c6ccccc6)cc5)c5c4[C@@]3(CCN1CC1CC1)[C@H]2O5. The average Bonchev–Trinajstić information content (AvgIpc) is 3.86. The van der Waals surface area contributed by atoms with Gasteiger partial charge in [-0.15, -0.1) is 0 Å². The van der Waals surface area contributed by atoms with Crippen LogP contribution in [-0.2, 0) is 23.0 Å². The summed E-state index contributed by atoms with van der Waals surface area (Å²) in [6, 6.07) is 23.7. The molecule has 50 heavy (non-hydrogen) atoms. The standard InChI is InChI=1S/C44H54N2O4/c1-40(2,3)41(4,48)34-26-42-20-21-44(34,49-5)39-43(42)22-24-46(27-29-11-12-29)35(42)25-32-17-18-33(37(50-39)36(32)43)38(47)45-23-19-28-13-15-31(16-14-28)30-9-7-6-8-10-30/h6-10,13-18,29,34-35,39,48H,11-12,19-27H2,1-5H3,(H,45,47)/t34?,35-,39-,41-,42-,43+,44+/m1/s1. The fourth-order valence-corrected chi connectivity index (χ4v) is 11.7. The summed E-state index contributed by atoms with van der Waals surface area (Å²) < 4.78 is 14.1. The Morgan fingerprint density at radius 2 is 1.72 bits per heavy atom. The van der Waals surface area contributed by atoms with Gasteiger partial charge in [0.2, 0.25) is 0 Å². The van der Waals surface area contributed by atoms with E-state index in [1.54, 1.807) is 0 Å². The molecule has 1 saturated heterocycles. The molecule has 2 aliphatic heterocycles. The van der Waals surface area contributed by atoms with E-state index in [1.165, 1.54) is 47.2 Å². The molecule has 7 aliphatic rings. The molecule has 4 bridgehead atoms. The Bertz CT molecular complexity index is 1810. The number of benzene rings is 3. The van der Waals surface area contributed by atoms with E-state index in [2.05, 4.69) is 85.6 Å². The smallest absolute Gasteiger partial charge is 0.255 e. The molecule has 5 fully saturated rings. The molecule has 2 N–H and O–H groups in total. The number of hydrogen-bond donors (Lipinski definition) is 2. The number of piperidine rings is 1. The van der Waals surface area contributed by atoms with Crippen LogP contribution >= 0.6 is 0 Å². The molecule has 2 spiro atoms. The molecule has 1 unspecified atom stereocenters. The van der Waals surface area contributed by atoms with E-state index in [4.69, 9.17) is 9.47 Å². The first-order valence-corrected chi connectivity index (χ1v) is 19.2. The van der Waals surface area contributed by atoms with Crippen molar-refractivity contribution < 1.29 is 19.4 Å². The van der Waals surface area contributed by atoms with Gasteiger partial charge in [-0.1, -0.05) is 81.4 Å². The fourth-order valence-electron chi connectivity index (χ4n) is 11.7. The molecular formula is C44H54N2O4. The number of nitrogens with zero attached hydrogens (tertiary/aromatic N) is 1. The summed E-state index contributed by atoms with van der Waals surface area (Å²) in [6.07, 6.45) is 8.08. The molecule has 1 amide bonds. The quantitative estimate of drug-likeness (QED) is 0.249. The predicted molar refractivity (Wildman–Crippen MR) is 196 cm³/mol. The van der Waals surface area contributed by atoms with Crippen molar-refractivity contribution in [2.24, 2.45) is 22.7 Å². The molecule has 3 aromatic rings. The summed E-state index contributed by atoms with van der Waals surface area (Å²) in [5, 5.41) is 15.8. The lowest BCUT2D eigenvalue weighted by atomic mass is 9.33. The second kappa shape index (κ2) is 11.2. The van der Waals surface area contributed by atoms with Crippen molar-refractivity contribution >= 4 is 5.91 Å². The largest absolute Gasteiger partial charge is 0.485 e. The second-order valence-corrected chi connectivity index (χ2v) is 17.9. The van der Waals surface area contributed by atoms with Crippen molar-refractivity contribution in [2.75, 3.05) is 26.7 Å². The number of ether oxygens (including phenoxy) is 2. The summed E-state index contributed by atoms with van der Waals surface area (Å²) in [6.45, 7) is 11.3. The van der Waals surface area contributed by atoms with Gasteiger partial charge in [0.15, 0.2) is 0 Å². The first-order valence-electron chi connectivity index (χ1n) is 19.2. The number of hydrogen-bond acceptors (Lipinski definition) is 5. The fraction of sp³-hybridized carbons (Fsp3) is 0.568. The average molecular weight is 675 g/mol. The van der Waals surface area contributed by atoms with Crippen LogP contribution in [-0.4, -0.2) is 66.0 Å². The number of rotatable bonds is 9. The van der Waals surface area contributed by atoms with Crippen molar-refractivity contribution in [3.8, 4) is 16.9 Å². The van der Waals surface area contributed by atoms with E-state index in [0.717, 1.165) is 56.7 Å². The summed E-state index contributed by atoms with van der Waals surface area (Å²) in [4.78, 5) is 16.9. The van der Waals surface area contributed by atoms with Gasteiger partial charge in [0.25, 0.3) is 5.91 Å². The molecule has 0 aromatic heterocycles. The van der Waals surface area contributed by atoms with E-state index in [1.807, 2.05) is 26.2 Å². The van der Waals surface area contributed by atoms with Gasteiger partial charge in [0.1, 0.15) is 17.5 Å². The number of amides is 1. The minimum atomic E-state index is -0.967. The Kier molecular flexibility index (Phi) is 7.29. The number of fused-ring (bicyclic) bond motifs is 2. The molecule has 5 aliphatic carbocycles. The third-order valence-electron chi connectivity index (χ3n) is 14.9. The van der Waals surface area contributed by atoms with E-state index >= 15 is 0 Å². The number of carbonyl (C=O) groups is 1. The maximum Gasteiger partial charge on any atom is 0.255 e.